The number of nitrogens with zero attached hydrogens (tertiary/aromatic N) is 3. The second kappa shape index (κ2) is 13.3. The van der Waals surface area contributed by atoms with Gasteiger partial charge in [-0.3, -0.25) is 14.4 Å². The third kappa shape index (κ3) is 5.60. The fourth-order valence-corrected chi connectivity index (χ4v) is 8.48. The maximum absolute atomic E-state index is 14.6. The first kappa shape index (κ1) is 30.3. The van der Waals surface area contributed by atoms with E-state index in [0.29, 0.717) is 45.4 Å². The molecule has 8 nitrogen and oxygen atoms in total. The predicted molar refractivity (Wildman–Crippen MR) is 154 cm³/mol. The van der Waals surface area contributed by atoms with Gasteiger partial charge in [-0.1, -0.05) is 54.3 Å². The van der Waals surface area contributed by atoms with E-state index in [1.807, 2.05) is 11.8 Å². The van der Waals surface area contributed by atoms with Gasteiger partial charge in [-0.2, -0.15) is 0 Å². The quantitative estimate of drug-likeness (QED) is 0.185. The lowest BCUT2D eigenvalue weighted by atomic mass is 9.70. The molecule has 39 heavy (non-hydrogen) atoms. The van der Waals surface area contributed by atoms with Crippen molar-refractivity contribution >= 4 is 33.7 Å². The highest BCUT2D eigenvalue weighted by molar-refractivity contribution is 9.09. The van der Waals surface area contributed by atoms with Gasteiger partial charge in [0.2, 0.25) is 17.7 Å². The predicted octanol–water partition coefficient (Wildman–Crippen LogP) is 3.67. The number of likely N-dealkylation sites (tertiary alicyclic amines) is 1. The van der Waals surface area contributed by atoms with Crippen LogP contribution >= 0.6 is 15.9 Å². The Labute approximate surface area is 241 Å². The van der Waals surface area contributed by atoms with E-state index in [1.165, 1.54) is 6.42 Å². The molecule has 1 spiro atoms. The number of carbonyl (C=O) groups is 3. The molecule has 3 amide bonds. The highest BCUT2D eigenvalue weighted by atomic mass is 79.9. The molecule has 4 rings (SSSR count). The summed E-state index contributed by atoms with van der Waals surface area (Å²) in [7, 11) is 0. The highest BCUT2D eigenvalue weighted by Gasteiger charge is 2.76. The number of alkyl halides is 1. The molecule has 2 bridgehead atoms. The van der Waals surface area contributed by atoms with Crippen molar-refractivity contribution in [2.75, 3.05) is 32.8 Å². The van der Waals surface area contributed by atoms with E-state index >= 15 is 0 Å². The maximum Gasteiger partial charge on any atom is 0.248 e. The summed E-state index contributed by atoms with van der Waals surface area (Å²) in [6.45, 7) is 11.7. The van der Waals surface area contributed by atoms with Crippen molar-refractivity contribution in [1.29, 1.82) is 0 Å². The van der Waals surface area contributed by atoms with Crippen LogP contribution in [-0.2, 0) is 19.1 Å². The summed E-state index contributed by atoms with van der Waals surface area (Å²) < 4.78 is 6.72. The molecule has 3 saturated heterocycles. The van der Waals surface area contributed by atoms with Crippen molar-refractivity contribution in [1.82, 2.24) is 14.7 Å². The zero-order chi connectivity index (χ0) is 28.2. The van der Waals surface area contributed by atoms with Gasteiger partial charge in [0.1, 0.15) is 11.6 Å². The van der Waals surface area contributed by atoms with E-state index in [9.17, 15) is 19.5 Å². The van der Waals surface area contributed by atoms with Crippen molar-refractivity contribution in [3.63, 3.8) is 0 Å². The maximum atomic E-state index is 14.6. The molecule has 1 aliphatic carbocycles. The first-order valence-corrected chi connectivity index (χ1v) is 15.8. The number of rotatable bonds is 14. The van der Waals surface area contributed by atoms with E-state index < -0.39 is 29.6 Å². The number of halogens is 1. The lowest BCUT2D eigenvalue weighted by Gasteiger charge is -2.41. The van der Waals surface area contributed by atoms with Gasteiger partial charge >= 0.3 is 0 Å². The van der Waals surface area contributed by atoms with Crippen LogP contribution in [0, 0.1) is 11.8 Å². The first-order chi connectivity index (χ1) is 18.9. The third-order valence-corrected chi connectivity index (χ3v) is 9.99. The molecule has 0 aromatic rings. The zero-order valence-electron chi connectivity index (χ0n) is 23.4. The summed E-state index contributed by atoms with van der Waals surface area (Å²) in [5, 5.41) is 9.28. The Kier molecular flexibility index (Phi) is 10.3. The van der Waals surface area contributed by atoms with Crippen LogP contribution in [0.5, 0.6) is 0 Å². The normalized spacial score (nSPS) is 31.8. The summed E-state index contributed by atoms with van der Waals surface area (Å²) in [6, 6.07) is -0.651. The Hall–Kier alpha value is -1.71. The summed E-state index contributed by atoms with van der Waals surface area (Å²) in [6.07, 6.45) is 11.7. The fourth-order valence-electron chi connectivity index (χ4n) is 7.54. The molecule has 9 heteroatoms. The van der Waals surface area contributed by atoms with E-state index in [1.54, 1.807) is 22.0 Å². The van der Waals surface area contributed by atoms with Crippen molar-refractivity contribution in [3.8, 4) is 0 Å². The second-order valence-corrected chi connectivity index (χ2v) is 12.8. The van der Waals surface area contributed by atoms with E-state index in [2.05, 4.69) is 29.1 Å². The van der Waals surface area contributed by atoms with Gasteiger partial charge in [0.25, 0.3) is 0 Å². The van der Waals surface area contributed by atoms with Crippen molar-refractivity contribution in [2.45, 2.75) is 99.7 Å². The number of aliphatic hydroxyl groups excluding tert-OH is 1. The van der Waals surface area contributed by atoms with Crippen molar-refractivity contribution in [2.24, 2.45) is 11.8 Å². The number of aliphatic hydroxyl groups is 1. The first-order valence-electron chi connectivity index (χ1n) is 14.9. The summed E-state index contributed by atoms with van der Waals surface area (Å²) in [4.78, 5) is 48.1. The number of carbonyl (C=O) groups excluding carboxylic acids is 3. The minimum absolute atomic E-state index is 0.0789. The fraction of sp³-hybridized carbons (Fsp3) is 0.767. The largest absolute Gasteiger partial charge is 0.396 e. The van der Waals surface area contributed by atoms with Crippen LogP contribution in [0.25, 0.3) is 0 Å². The van der Waals surface area contributed by atoms with E-state index in [4.69, 9.17) is 4.74 Å². The third-order valence-electron chi connectivity index (χ3n) is 9.14. The topological polar surface area (TPSA) is 90.4 Å². The average Bonchev–Trinajstić information content (AvgIpc) is 3.52. The van der Waals surface area contributed by atoms with Crippen LogP contribution in [0.2, 0.25) is 0 Å². The Balaban J connectivity index is 1.72. The van der Waals surface area contributed by atoms with Gasteiger partial charge in [-0.05, 0) is 44.9 Å². The van der Waals surface area contributed by atoms with E-state index in [0.717, 1.165) is 38.5 Å². The molecule has 3 aliphatic heterocycles. The molecule has 4 aliphatic rings. The number of fused-ring (bicyclic) bond motifs is 1. The Morgan fingerprint density at radius 1 is 1.13 bits per heavy atom. The number of hydrogen-bond acceptors (Lipinski definition) is 5. The Morgan fingerprint density at radius 2 is 1.85 bits per heavy atom. The summed E-state index contributed by atoms with van der Waals surface area (Å²) in [5.41, 5.74) is -1.04. The SMILES string of the molecule is C=CCN(CCC)C(=O)[C@H]1[C@@H]2OC3(CC2Br)C(C(=O)N(CC=C)C2CCCCC2)N(CCCCCO)C(=O)[C@H]13. The van der Waals surface area contributed by atoms with Crippen LogP contribution in [0.4, 0.5) is 0 Å². The molecular formula is C30H46BrN3O5. The van der Waals surface area contributed by atoms with Crippen LogP contribution in [0.15, 0.2) is 25.3 Å². The molecule has 6 atom stereocenters. The molecule has 0 radical (unpaired) electrons. The van der Waals surface area contributed by atoms with Gasteiger partial charge < -0.3 is 24.5 Å². The molecule has 1 N–H and O–H groups in total. The van der Waals surface area contributed by atoms with Crippen molar-refractivity contribution < 1.29 is 24.2 Å². The monoisotopic (exact) mass is 607 g/mol. The molecular weight excluding hydrogens is 562 g/mol. The smallest absolute Gasteiger partial charge is 0.248 e. The zero-order valence-corrected chi connectivity index (χ0v) is 25.0. The number of ether oxygens (including phenoxy) is 1. The minimum Gasteiger partial charge on any atom is -0.396 e. The summed E-state index contributed by atoms with van der Waals surface area (Å²) >= 11 is 3.78. The number of hydrogen-bond donors (Lipinski definition) is 1. The van der Waals surface area contributed by atoms with Gasteiger partial charge in [-0.25, -0.2) is 0 Å². The number of unbranched alkanes of at least 4 members (excludes halogenated alkanes) is 2. The average molecular weight is 609 g/mol. The highest BCUT2D eigenvalue weighted by Crippen LogP contribution is 2.60. The second-order valence-electron chi connectivity index (χ2n) is 11.6. The van der Waals surface area contributed by atoms with Crippen LogP contribution in [-0.4, -0.2) is 98.9 Å². The lowest BCUT2D eigenvalue weighted by molar-refractivity contribution is -0.150. The number of amides is 3. The van der Waals surface area contributed by atoms with Gasteiger partial charge in [0, 0.05) is 43.7 Å². The molecule has 218 valence electrons. The molecule has 4 fully saturated rings. The van der Waals surface area contributed by atoms with Crippen molar-refractivity contribution in [3.05, 3.63) is 25.3 Å². The van der Waals surface area contributed by atoms with E-state index in [-0.39, 0.29) is 35.2 Å². The van der Waals surface area contributed by atoms with Gasteiger partial charge in [0.05, 0.1) is 17.9 Å². The minimum atomic E-state index is -1.04. The Morgan fingerprint density at radius 3 is 2.49 bits per heavy atom. The lowest BCUT2D eigenvalue weighted by Crippen LogP contribution is -2.59. The summed E-state index contributed by atoms with van der Waals surface area (Å²) in [5.74, 6) is -1.63. The Bertz CT molecular complexity index is 924. The van der Waals surface area contributed by atoms with Gasteiger partial charge in [-0.15, -0.1) is 13.2 Å². The van der Waals surface area contributed by atoms with Crippen LogP contribution < -0.4 is 0 Å². The molecule has 1 saturated carbocycles. The molecule has 3 heterocycles. The molecule has 0 aromatic carbocycles. The molecule has 3 unspecified atom stereocenters. The van der Waals surface area contributed by atoms with Gasteiger partial charge in [0.15, 0.2) is 0 Å². The van der Waals surface area contributed by atoms with Crippen LogP contribution in [0.1, 0.15) is 71.1 Å². The molecule has 0 aromatic heterocycles. The van der Waals surface area contributed by atoms with Crippen LogP contribution in [0.3, 0.4) is 0 Å². The standard InChI is InChI=1S/C30H46BrN3O5/c1-4-15-32(16-5-2)27(36)23-24-28(37)34(18-11-8-12-19-35)26(30(24)20-22(31)25(23)39-30)29(38)33(17-6-3)21-13-9-7-10-14-21/h4,6,21-26,35H,1,3,5,7-20H2,2H3/t22?,23-,24+,25-,26?,30?/m1/s1.